The predicted octanol–water partition coefficient (Wildman–Crippen LogP) is -0.623. The van der Waals surface area contributed by atoms with E-state index in [2.05, 4.69) is 13.8 Å². The van der Waals surface area contributed by atoms with E-state index in [1.54, 1.807) is 0 Å². The maximum atomic E-state index is 10.0. The van der Waals surface area contributed by atoms with Crippen molar-refractivity contribution >= 4 is 0 Å². The lowest BCUT2D eigenvalue weighted by molar-refractivity contribution is -0.290. The van der Waals surface area contributed by atoms with Crippen molar-refractivity contribution in [3.63, 3.8) is 0 Å². The Morgan fingerprint density at radius 2 is 1.74 bits per heavy atom. The molecule has 0 spiro atoms. The van der Waals surface area contributed by atoms with Gasteiger partial charge in [0.05, 0.1) is 18.8 Å². The van der Waals surface area contributed by atoms with E-state index in [4.69, 9.17) is 9.47 Å². The molecule has 0 radical (unpaired) electrons. The minimum absolute atomic E-state index is 0.0145. The highest BCUT2D eigenvalue weighted by Gasteiger charge is 2.44. The largest absolute Gasteiger partial charge is 0.396 e. The van der Waals surface area contributed by atoms with E-state index in [-0.39, 0.29) is 42.7 Å². The molecule has 160 valence electrons. The maximum absolute atomic E-state index is 10.0. The number of hydrogen-bond acceptors (Lipinski definition) is 8. The number of aliphatic hydroxyl groups excluding tert-OH is 6. The van der Waals surface area contributed by atoms with Crippen molar-refractivity contribution < 1.29 is 40.1 Å². The minimum atomic E-state index is -1.56. The third-order valence-corrected chi connectivity index (χ3v) is 6.26. The normalized spacial score (nSPS) is 43.4. The fraction of sp³-hybridized carbons (Fsp3) is 1.00. The summed E-state index contributed by atoms with van der Waals surface area (Å²) in [6.45, 7) is 6.18. The third-order valence-electron chi connectivity index (χ3n) is 6.26. The fourth-order valence-electron chi connectivity index (χ4n) is 4.65. The first-order valence-corrected chi connectivity index (χ1v) is 9.85. The Morgan fingerprint density at radius 1 is 1.07 bits per heavy atom. The lowest BCUT2D eigenvalue weighted by Crippen LogP contribution is -2.58. The summed E-state index contributed by atoms with van der Waals surface area (Å²) in [7, 11) is 0. The molecule has 1 saturated carbocycles. The molecule has 1 aliphatic heterocycles. The van der Waals surface area contributed by atoms with Gasteiger partial charge in [0.2, 0.25) is 0 Å². The quantitative estimate of drug-likeness (QED) is 0.337. The maximum Gasteiger partial charge on any atom is 0.184 e. The molecule has 2 rings (SSSR count). The zero-order valence-electron chi connectivity index (χ0n) is 16.4. The Morgan fingerprint density at radius 3 is 2.37 bits per heavy atom. The van der Waals surface area contributed by atoms with E-state index in [1.807, 2.05) is 6.92 Å². The SMILES string of the molecule is C[C@H](CC[C@@H]1[C@@H](CO)C[C@H](O)CC1(C)C)OC[C@H]1O[C@@H](O)[C@H](O)[C@@H](O)[C@@H]1O. The summed E-state index contributed by atoms with van der Waals surface area (Å²) in [5.41, 5.74) is -0.0716. The molecule has 1 aliphatic carbocycles. The van der Waals surface area contributed by atoms with Gasteiger partial charge in [0.25, 0.3) is 0 Å². The first-order valence-electron chi connectivity index (χ1n) is 9.85. The monoisotopic (exact) mass is 392 g/mol. The Bertz CT molecular complexity index is 459. The molecule has 9 atom stereocenters. The van der Waals surface area contributed by atoms with Crippen LogP contribution in [0.25, 0.3) is 0 Å². The summed E-state index contributed by atoms with van der Waals surface area (Å²) in [6, 6.07) is 0. The average Bonchev–Trinajstić information content (AvgIpc) is 2.59. The van der Waals surface area contributed by atoms with E-state index < -0.39 is 30.7 Å². The lowest BCUT2D eigenvalue weighted by Gasteiger charge is -2.46. The van der Waals surface area contributed by atoms with Gasteiger partial charge < -0.3 is 40.1 Å². The van der Waals surface area contributed by atoms with Crippen LogP contribution >= 0.6 is 0 Å². The van der Waals surface area contributed by atoms with Gasteiger partial charge in [-0.25, -0.2) is 0 Å². The number of hydrogen-bond donors (Lipinski definition) is 6. The molecule has 0 aromatic heterocycles. The summed E-state index contributed by atoms with van der Waals surface area (Å²) < 4.78 is 10.8. The second kappa shape index (κ2) is 9.45. The zero-order valence-corrected chi connectivity index (χ0v) is 16.4. The minimum Gasteiger partial charge on any atom is -0.396 e. The van der Waals surface area contributed by atoms with Gasteiger partial charge in [0.15, 0.2) is 6.29 Å². The number of aliphatic hydroxyl groups is 6. The van der Waals surface area contributed by atoms with Gasteiger partial charge in [0.1, 0.15) is 24.4 Å². The van der Waals surface area contributed by atoms with E-state index in [0.29, 0.717) is 12.8 Å². The van der Waals surface area contributed by atoms with Crippen molar-refractivity contribution in [2.24, 2.45) is 17.3 Å². The number of rotatable bonds is 7. The molecular formula is C19H36O8. The second-order valence-corrected chi connectivity index (χ2v) is 8.89. The van der Waals surface area contributed by atoms with Crippen LogP contribution in [0.4, 0.5) is 0 Å². The Kier molecular flexibility index (Phi) is 8.04. The van der Waals surface area contributed by atoms with Crippen LogP contribution in [0.1, 0.15) is 46.5 Å². The smallest absolute Gasteiger partial charge is 0.184 e. The molecule has 2 fully saturated rings. The highest BCUT2D eigenvalue weighted by Crippen LogP contribution is 2.46. The highest BCUT2D eigenvalue weighted by atomic mass is 16.6. The van der Waals surface area contributed by atoms with Gasteiger partial charge in [0, 0.05) is 6.61 Å². The van der Waals surface area contributed by atoms with Crippen LogP contribution in [0, 0.1) is 17.3 Å². The first-order chi connectivity index (χ1) is 12.6. The van der Waals surface area contributed by atoms with Gasteiger partial charge in [-0.1, -0.05) is 13.8 Å². The van der Waals surface area contributed by atoms with E-state index >= 15 is 0 Å². The van der Waals surface area contributed by atoms with Gasteiger partial charge in [-0.3, -0.25) is 0 Å². The number of ether oxygens (including phenoxy) is 2. The van der Waals surface area contributed by atoms with E-state index in [0.717, 1.165) is 12.8 Å². The summed E-state index contributed by atoms with van der Waals surface area (Å²) >= 11 is 0. The molecule has 0 unspecified atom stereocenters. The van der Waals surface area contributed by atoms with Crippen LogP contribution < -0.4 is 0 Å². The van der Waals surface area contributed by atoms with Gasteiger partial charge >= 0.3 is 0 Å². The molecule has 27 heavy (non-hydrogen) atoms. The van der Waals surface area contributed by atoms with Crippen molar-refractivity contribution in [1.29, 1.82) is 0 Å². The molecule has 1 saturated heterocycles. The molecule has 0 aromatic carbocycles. The van der Waals surface area contributed by atoms with Crippen LogP contribution in [-0.2, 0) is 9.47 Å². The summed E-state index contributed by atoms with van der Waals surface area (Å²) in [5, 5.41) is 58.5. The summed E-state index contributed by atoms with van der Waals surface area (Å²) in [4.78, 5) is 0. The van der Waals surface area contributed by atoms with Gasteiger partial charge in [-0.05, 0) is 49.9 Å². The average molecular weight is 392 g/mol. The second-order valence-electron chi connectivity index (χ2n) is 8.89. The van der Waals surface area contributed by atoms with Gasteiger partial charge in [-0.15, -0.1) is 0 Å². The molecule has 0 aromatic rings. The summed E-state index contributed by atoms with van der Waals surface area (Å²) in [6.07, 6.45) is -4.49. The van der Waals surface area contributed by atoms with Crippen molar-refractivity contribution in [1.82, 2.24) is 0 Å². The molecular weight excluding hydrogens is 356 g/mol. The molecule has 0 amide bonds. The molecule has 8 nitrogen and oxygen atoms in total. The Labute approximate surface area is 160 Å². The molecule has 6 N–H and O–H groups in total. The first kappa shape index (κ1) is 23.0. The molecule has 8 heteroatoms. The Hall–Kier alpha value is -0.320. The molecule has 2 aliphatic rings. The summed E-state index contributed by atoms with van der Waals surface area (Å²) in [5.74, 6) is 0.332. The lowest BCUT2D eigenvalue weighted by atomic mass is 9.61. The predicted molar refractivity (Wildman–Crippen MR) is 96.6 cm³/mol. The highest BCUT2D eigenvalue weighted by molar-refractivity contribution is 4.92. The van der Waals surface area contributed by atoms with Crippen molar-refractivity contribution in [2.45, 2.75) is 89.4 Å². The third kappa shape index (κ3) is 5.61. The van der Waals surface area contributed by atoms with Gasteiger partial charge in [-0.2, -0.15) is 0 Å². The van der Waals surface area contributed by atoms with Crippen molar-refractivity contribution in [2.75, 3.05) is 13.2 Å². The standard InChI is InChI=1S/C19H36O8/c1-10(26-9-14-15(22)16(23)17(24)18(25)27-14)4-5-13-11(8-20)6-12(21)7-19(13,2)3/h10-18,20-25H,4-9H2,1-3H3/t10-,11-,12+,13-,14-,15-,16+,17-,18-/m1/s1. The van der Waals surface area contributed by atoms with E-state index in [1.165, 1.54) is 0 Å². The van der Waals surface area contributed by atoms with Crippen LogP contribution in [0.5, 0.6) is 0 Å². The fourth-order valence-corrected chi connectivity index (χ4v) is 4.65. The van der Waals surface area contributed by atoms with Crippen LogP contribution in [0.3, 0.4) is 0 Å². The van der Waals surface area contributed by atoms with Crippen molar-refractivity contribution in [3.05, 3.63) is 0 Å². The van der Waals surface area contributed by atoms with E-state index in [9.17, 15) is 30.6 Å². The zero-order chi connectivity index (χ0) is 20.4. The topological polar surface area (TPSA) is 140 Å². The van der Waals surface area contributed by atoms with Crippen LogP contribution in [-0.4, -0.2) is 86.8 Å². The molecule has 1 heterocycles. The Balaban J connectivity index is 1.82. The van der Waals surface area contributed by atoms with Crippen molar-refractivity contribution in [3.8, 4) is 0 Å². The molecule has 0 bridgehead atoms. The van der Waals surface area contributed by atoms with Crippen LogP contribution in [0.2, 0.25) is 0 Å². The van der Waals surface area contributed by atoms with Crippen LogP contribution in [0.15, 0.2) is 0 Å².